The fourth-order valence-corrected chi connectivity index (χ4v) is 4.30. The maximum atomic E-state index is 11.9. The van der Waals surface area contributed by atoms with Crippen LogP contribution in [0.4, 0.5) is 0 Å². The van der Waals surface area contributed by atoms with Crippen molar-refractivity contribution in [3.05, 3.63) is 60.7 Å². The number of benzene rings is 2. The van der Waals surface area contributed by atoms with Crippen LogP contribution in [-0.4, -0.2) is 27.8 Å². The molecule has 0 aliphatic rings. The Morgan fingerprint density at radius 2 is 1.63 bits per heavy atom. The molecule has 158 valence electrons. The van der Waals surface area contributed by atoms with Gasteiger partial charge in [0.1, 0.15) is 0 Å². The second kappa shape index (κ2) is 11.6. The summed E-state index contributed by atoms with van der Waals surface area (Å²) >= 11 is 1.71. The monoisotopic (exact) mass is 421 g/mol. The molecule has 0 saturated carbocycles. The molecule has 0 radical (unpaired) electrons. The first-order valence-electron chi connectivity index (χ1n) is 10.9. The van der Waals surface area contributed by atoms with Gasteiger partial charge in [-0.15, -0.1) is 0 Å². The number of nitrogens with one attached hydrogen (secondary N) is 1. The van der Waals surface area contributed by atoms with E-state index in [0.29, 0.717) is 13.0 Å². The summed E-state index contributed by atoms with van der Waals surface area (Å²) in [5.41, 5.74) is 4.49. The molecule has 0 aliphatic carbocycles. The van der Waals surface area contributed by atoms with Crippen LogP contribution in [0.2, 0.25) is 0 Å². The minimum Gasteiger partial charge on any atom is -0.355 e. The van der Waals surface area contributed by atoms with E-state index in [9.17, 15) is 4.79 Å². The van der Waals surface area contributed by atoms with Crippen molar-refractivity contribution < 1.29 is 4.79 Å². The highest BCUT2D eigenvalue weighted by Gasteiger charge is 2.19. The van der Waals surface area contributed by atoms with Crippen molar-refractivity contribution in [3.8, 4) is 22.5 Å². The van der Waals surface area contributed by atoms with E-state index in [1.165, 1.54) is 5.56 Å². The highest BCUT2D eigenvalue weighted by molar-refractivity contribution is 7.99. The van der Waals surface area contributed by atoms with E-state index in [0.717, 1.165) is 53.7 Å². The molecule has 1 heterocycles. The number of imidazole rings is 1. The summed E-state index contributed by atoms with van der Waals surface area (Å²) in [6.07, 6.45) is 3.63. The van der Waals surface area contributed by atoms with E-state index < -0.39 is 0 Å². The number of rotatable bonds is 11. The van der Waals surface area contributed by atoms with Gasteiger partial charge in [0.2, 0.25) is 5.91 Å². The molecule has 0 fully saturated rings. The van der Waals surface area contributed by atoms with Gasteiger partial charge < -0.3 is 9.88 Å². The summed E-state index contributed by atoms with van der Waals surface area (Å²) in [7, 11) is 0. The van der Waals surface area contributed by atoms with Crippen LogP contribution in [-0.2, 0) is 11.3 Å². The second-order valence-electron chi connectivity index (χ2n) is 7.28. The summed E-state index contributed by atoms with van der Waals surface area (Å²) in [6.45, 7) is 5.87. The molecular formula is C25H31N3OS. The van der Waals surface area contributed by atoms with Crippen molar-refractivity contribution in [1.29, 1.82) is 0 Å². The van der Waals surface area contributed by atoms with Gasteiger partial charge in [0.25, 0.3) is 0 Å². The van der Waals surface area contributed by atoms with Crippen molar-refractivity contribution in [2.24, 2.45) is 0 Å². The van der Waals surface area contributed by atoms with Crippen LogP contribution < -0.4 is 5.32 Å². The molecule has 1 N–H and O–H groups in total. The molecule has 0 bridgehead atoms. The molecule has 5 heteroatoms. The number of nitrogens with zero attached hydrogens (tertiary/aromatic N) is 2. The summed E-state index contributed by atoms with van der Waals surface area (Å²) in [4.78, 5) is 16.9. The van der Waals surface area contributed by atoms with Gasteiger partial charge in [-0.3, -0.25) is 4.79 Å². The first-order valence-corrected chi connectivity index (χ1v) is 11.8. The number of thioether (sulfide) groups is 1. The molecule has 0 spiro atoms. The van der Waals surface area contributed by atoms with Crippen molar-refractivity contribution in [2.75, 3.05) is 12.3 Å². The van der Waals surface area contributed by atoms with E-state index in [1.54, 1.807) is 11.8 Å². The number of carbonyl (C=O) groups is 1. The highest BCUT2D eigenvalue weighted by atomic mass is 32.2. The Kier molecular flexibility index (Phi) is 8.57. The number of hydrogen-bond donors (Lipinski definition) is 1. The zero-order chi connectivity index (χ0) is 21.2. The Morgan fingerprint density at radius 1 is 0.967 bits per heavy atom. The number of unbranched alkanes of at least 4 members (excludes halogenated alkanes) is 1. The molecule has 2 aromatic carbocycles. The molecule has 0 saturated heterocycles. The quantitative estimate of drug-likeness (QED) is 0.304. The predicted molar refractivity (Wildman–Crippen MR) is 127 cm³/mol. The van der Waals surface area contributed by atoms with Gasteiger partial charge in [-0.05, 0) is 12.8 Å². The van der Waals surface area contributed by atoms with Gasteiger partial charge in [0.15, 0.2) is 5.16 Å². The molecule has 0 atom stereocenters. The lowest BCUT2D eigenvalue weighted by Gasteiger charge is -2.12. The average molecular weight is 422 g/mol. The summed E-state index contributed by atoms with van der Waals surface area (Å²) < 4.78 is 2.33. The third kappa shape index (κ3) is 5.76. The molecule has 0 unspecified atom stereocenters. The lowest BCUT2D eigenvalue weighted by atomic mass is 10.0. The third-order valence-corrected chi connectivity index (χ3v) is 5.87. The topological polar surface area (TPSA) is 46.9 Å². The van der Waals surface area contributed by atoms with E-state index in [2.05, 4.69) is 72.3 Å². The van der Waals surface area contributed by atoms with Gasteiger partial charge in [0.05, 0.1) is 11.4 Å². The third-order valence-electron chi connectivity index (χ3n) is 4.89. The van der Waals surface area contributed by atoms with E-state index in [-0.39, 0.29) is 5.91 Å². The van der Waals surface area contributed by atoms with Crippen LogP contribution in [0.5, 0.6) is 0 Å². The van der Waals surface area contributed by atoms with Crippen LogP contribution >= 0.6 is 11.8 Å². The van der Waals surface area contributed by atoms with Crippen LogP contribution in [0, 0.1) is 0 Å². The Hall–Kier alpha value is -2.53. The van der Waals surface area contributed by atoms with E-state index in [1.807, 2.05) is 12.1 Å². The summed E-state index contributed by atoms with van der Waals surface area (Å²) in [6, 6.07) is 20.9. The maximum absolute atomic E-state index is 11.9. The SMILES string of the molecule is CCCCC(=O)NCCSc1nc(-c2ccccc2)c(-c2ccccc2)n1CCC. The maximum Gasteiger partial charge on any atom is 0.220 e. The summed E-state index contributed by atoms with van der Waals surface area (Å²) in [5, 5.41) is 4.04. The number of carbonyl (C=O) groups excluding carboxylic acids is 1. The normalized spacial score (nSPS) is 10.9. The van der Waals surface area contributed by atoms with E-state index in [4.69, 9.17) is 4.98 Å². The molecule has 1 amide bonds. The lowest BCUT2D eigenvalue weighted by molar-refractivity contribution is -0.121. The predicted octanol–water partition coefficient (Wildman–Crippen LogP) is 6.03. The van der Waals surface area contributed by atoms with Crippen molar-refractivity contribution in [3.63, 3.8) is 0 Å². The van der Waals surface area contributed by atoms with Crippen LogP contribution in [0.15, 0.2) is 65.8 Å². The van der Waals surface area contributed by atoms with Crippen LogP contribution in [0.25, 0.3) is 22.5 Å². The van der Waals surface area contributed by atoms with Gasteiger partial charge in [-0.25, -0.2) is 4.98 Å². The van der Waals surface area contributed by atoms with Crippen molar-refractivity contribution in [2.45, 2.75) is 51.2 Å². The molecule has 3 rings (SSSR count). The van der Waals surface area contributed by atoms with Gasteiger partial charge >= 0.3 is 0 Å². The summed E-state index contributed by atoms with van der Waals surface area (Å²) in [5.74, 6) is 0.949. The number of hydrogen-bond acceptors (Lipinski definition) is 3. The molecule has 4 nitrogen and oxygen atoms in total. The standard InChI is InChI=1S/C25H31N3OS/c1-3-5-16-22(29)26-17-19-30-25-27-23(20-12-8-6-9-13-20)24(28(25)18-4-2)21-14-10-7-11-15-21/h6-15H,3-5,16-19H2,1-2H3,(H,26,29). The minimum absolute atomic E-state index is 0.143. The number of amides is 1. The molecule has 1 aromatic heterocycles. The fraction of sp³-hybridized carbons (Fsp3) is 0.360. The lowest BCUT2D eigenvalue weighted by Crippen LogP contribution is -2.25. The number of aromatic nitrogens is 2. The van der Waals surface area contributed by atoms with Crippen molar-refractivity contribution in [1.82, 2.24) is 14.9 Å². The van der Waals surface area contributed by atoms with Crippen molar-refractivity contribution >= 4 is 17.7 Å². The van der Waals surface area contributed by atoms with Gasteiger partial charge in [0, 0.05) is 36.4 Å². The first-order chi connectivity index (χ1) is 14.7. The molecule has 3 aromatic rings. The van der Waals surface area contributed by atoms with Gasteiger partial charge in [-0.1, -0.05) is 92.7 Å². The first kappa shape index (κ1) is 22.2. The average Bonchev–Trinajstić information content (AvgIpc) is 3.15. The smallest absolute Gasteiger partial charge is 0.220 e. The molecule has 30 heavy (non-hydrogen) atoms. The van der Waals surface area contributed by atoms with Crippen LogP contribution in [0.3, 0.4) is 0 Å². The Labute approximate surface area is 184 Å². The van der Waals surface area contributed by atoms with Gasteiger partial charge in [-0.2, -0.15) is 0 Å². The molecule has 0 aliphatic heterocycles. The largest absolute Gasteiger partial charge is 0.355 e. The minimum atomic E-state index is 0.143. The molecular weight excluding hydrogens is 390 g/mol. The fourth-order valence-electron chi connectivity index (χ4n) is 3.42. The van der Waals surface area contributed by atoms with Crippen LogP contribution in [0.1, 0.15) is 39.5 Å². The Bertz CT molecular complexity index is 922. The Balaban J connectivity index is 1.86. The highest BCUT2D eigenvalue weighted by Crippen LogP contribution is 2.36. The zero-order valence-electron chi connectivity index (χ0n) is 17.9. The zero-order valence-corrected chi connectivity index (χ0v) is 18.8. The van der Waals surface area contributed by atoms with E-state index >= 15 is 0 Å². The second-order valence-corrected chi connectivity index (χ2v) is 8.34. The Morgan fingerprint density at radius 3 is 2.27 bits per heavy atom.